The Morgan fingerprint density at radius 1 is 1.30 bits per heavy atom. The van der Waals surface area contributed by atoms with Gasteiger partial charge in [-0.25, -0.2) is 4.98 Å². The Balaban J connectivity index is 1.27. The van der Waals surface area contributed by atoms with E-state index in [4.69, 9.17) is 4.74 Å². The molecule has 1 aromatic carbocycles. The van der Waals surface area contributed by atoms with Gasteiger partial charge in [-0.1, -0.05) is 6.07 Å². The van der Waals surface area contributed by atoms with Crippen molar-refractivity contribution in [1.82, 2.24) is 20.2 Å². The number of aryl methyl sites for hydroxylation is 3. The molecule has 1 amide bonds. The molecule has 0 spiro atoms. The number of nitrogens with one attached hydrogen (secondary N) is 2. The first-order chi connectivity index (χ1) is 13.2. The minimum atomic E-state index is -0.0663. The zero-order valence-corrected chi connectivity index (χ0v) is 15.9. The van der Waals surface area contributed by atoms with Gasteiger partial charge in [0, 0.05) is 44.5 Å². The Hall–Kier alpha value is -2.34. The van der Waals surface area contributed by atoms with Crippen molar-refractivity contribution in [3.8, 4) is 5.75 Å². The molecular weight excluding hydrogens is 340 g/mol. The lowest BCUT2D eigenvalue weighted by molar-refractivity contribution is -0.123. The lowest BCUT2D eigenvalue weighted by Crippen LogP contribution is -2.35. The van der Waals surface area contributed by atoms with Crippen molar-refractivity contribution in [3.05, 3.63) is 47.5 Å². The minimum absolute atomic E-state index is 0.0648. The summed E-state index contributed by atoms with van der Waals surface area (Å²) in [6.45, 7) is 2.54. The molecule has 2 aromatic rings. The van der Waals surface area contributed by atoms with Gasteiger partial charge in [0.05, 0.1) is 6.33 Å². The van der Waals surface area contributed by atoms with E-state index in [1.165, 1.54) is 29.7 Å². The minimum Gasteiger partial charge on any atom is -0.484 e. The molecule has 0 radical (unpaired) electrons. The van der Waals surface area contributed by atoms with Gasteiger partial charge >= 0.3 is 0 Å². The number of imidazole rings is 1. The van der Waals surface area contributed by atoms with Crippen LogP contribution in [0.4, 0.5) is 0 Å². The van der Waals surface area contributed by atoms with Gasteiger partial charge in [-0.2, -0.15) is 0 Å². The molecule has 2 heterocycles. The Kier molecular flexibility index (Phi) is 5.43. The normalized spacial score (nSPS) is 21.7. The third-order valence-corrected chi connectivity index (χ3v) is 5.82. The maximum absolute atomic E-state index is 12.2. The van der Waals surface area contributed by atoms with Crippen molar-refractivity contribution in [3.63, 3.8) is 0 Å². The molecule has 2 N–H and O–H groups in total. The van der Waals surface area contributed by atoms with Crippen LogP contribution in [0.5, 0.6) is 5.75 Å². The number of hydrogen-bond acceptors (Lipinski definition) is 4. The van der Waals surface area contributed by atoms with Gasteiger partial charge < -0.3 is 19.9 Å². The number of nitrogens with zero attached hydrogens (tertiary/aromatic N) is 2. The highest BCUT2D eigenvalue weighted by Crippen LogP contribution is 2.27. The summed E-state index contributed by atoms with van der Waals surface area (Å²) < 4.78 is 7.79. The lowest BCUT2D eigenvalue weighted by Gasteiger charge is -2.19. The summed E-state index contributed by atoms with van der Waals surface area (Å²) in [6.07, 6.45) is 8.53. The molecule has 1 fully saturated rings. The summed E-state index contributed by atoms with van der Waals surface area (Å²) >= 11 is 0. The average Bonchev–Trinajstić information content (AvgIpc) is 3.32. The molecule has 144 valence electrons. The van der Waals surface area contributed by atoms with E-state index >= 15 is 0 Å². The molecule has 0 unspecified atom stereocenters. The Morgan fingerprint density at radius 2 is 2.15 bits per heavy atom. The van der Waals surface area contributed by atoms with Gasteiger partial charge in [0.2, 0.25) is 0 Å². The number of amides is 1. The number of carbonyl (C=O) groups excluding carboxylic acids is 1. The highest BCUT2D eigenvalue weighted by atomic mass is 16.5. The van der Waals surface area contributed by atoms with E-state index in [9.17, 15) is 4.79 Å². The summed E-state index contributed by atoms with van der Waals surface area (Å²) in [5.41, 5.74) is 4.01. The molecule has 27 heavy (non-hydrogen) atoms. The fraction of sp³-hybridized carbons (Fsp3) is 0.524. The van der Waals surface area contributed by atoms with Crippen LogP contribution < -0.4 is 15.4 Å². The number of hydrogen-bond donors (Lipinski definition) is 2. The van der Waals surface area contributed by atoms with Crippen LogP contribution in [0, 0.1) is 5.92 Å². The van der Waals surface area contributed by atoms with E-state index < -0.39 is 0 Å². The Morgan fingerprint density at radius 3 is 2.96 bits per heavy atom. The van der Waals surface area contributed by atoms with Crippen molar-refractivity contribution in [1.29, 1.82) is 0 Å². The predicted octanol–water partition coefficient (Wildman–Crippen LogP) is 1.80. The van der Waals surface area contributed by atoms with Gasteiger partial charge in [-0.05, 0) is 54.9 Å². The topological polar surface area (TPSA) is 68.2 Å². The molecule has 6 nitrogen and oxygen atoms in total. The molecule has 2 aliphatic rings. The summed E-state index contributed by atoms with van der Waals surface area (Å²) in [7, 11) is 2.02. The van der Waals surface area contributed by atoms with Crippen LogP contribution in [0.3, 0.4) is 0 Å². The van der Waals surface area contributed by atoms with Crippen LogP contribution in [-0.2, 0) is 24.7 Å². The molecule has 1 saturated heterocycles. The first kappa shape index (κ1) is 18.0. The molecular formula is C21H28N4O2. The second-order valence-electron chi connectivity index (χ2n) is 7.68. The van der Waals surface area contributed by atoms with Crippen LogP contribution in [0.1, 0.15) is 35.6 Å². The van der Waals surface area contributed by atoms with Crippen molar-refractivity contribution in [2.24, 2.45) is 13.0 Å². The third-order valence-electron chi connectivity index (χ3n) is 5.82. The fourth-order valence-corrected chi connectivity index (χ4v) is 4.26. The predicted molar refractivity (Wildman–Crippen MR) is 104 cm³/mol. The van der Waals surface area contributed by atoms with E-state index in [-0.39, 0.29) is 12.5 Å². The summed E-state index contributed by atoms with van der Waals surface area (Å²) in [5.74, 6) is 1.47. The molecule has 6 heteroatoms. The summed E-state index contributed by atoms with van der Waals surface area (Å²) in [4.78, 5) is 16.5. The first-order valence-electron chi connectivity index (χ1n) is 9.89. The van der Waals surface area contributed by atoms with Crippen molar-refractivity contribution < 1.29 is 9.53 Å². The van der Waals surface area contributed by atoms with Crippen LogP contribution >= 0.6 is 0 Å². The summed E-state index contributed by atoms with van der Waals surface area (Å²) in [6, 6.07) is 6.22. The third kappa shape index (κ3) is 4.16. The molecule has 0 saturated carbocycles. The number of ether oxygens (including phenoxy) is 1. The van der Waals surface area contributed by atoms with Crippen LogP contribution in [-0.4, -0.2) is 41.7 Å². The standard InChI is InChI=1S/C21H28N4O2/c1-25-14-23-12-20(25)19-11-22-9-17(19)10-24-21(26)13-27-18-7-6-15-4-2-3-5-16(15)8-18/h6-8,12,14,17,19,22H,2-5,9-11,13H2,1H3,(H,24,26)/t17-,19+/m0/s1. The van der Waals surface area contributed by atoms with Gasteiger partial charge in [0.15, 0.2) is 6.61 Å². The maximum Gasteiger partial charge on any atom is 0.257 e. The molecule has 1 aromatic heterocycles. The van der Waals surface area contributed by atoms with Crippen molar-refractivity contribution in [2.75, 3.05) is 26.2 Å². The number of aromatic nitrogens is 2. The Labute approximate surface area is 160 Å². The molecule has 0 bridgehead atoms. The fourth-order valence-electron chi connectivity index (χ4n) is 4.26. The van der Waals surface area contributed by atoms with Gasteiger partial charge in [0.1, 0.15) is 5.75 Å². The first-order valence-corrected chi connectivity index (χ1v) is 9.89. The highest BCUT2D eigenvalue weighted by molar-refractivity contribution is 5.77. The average molecular weight is 368 g/mol. The quantitative estimate of drug-likeness (QED) is 0.816. The SMILES string of the molecule is Cn1cncc1[C@@H]1CNC[C@H]1CNC(=O)COc1ccc2c(c1)CCCC2. The smallest absolute Gasteiger partial charge is 0.257 e. The zero-order chi connectivity index (χ0) is 18.6. The van der Waals surface area contributed by atoms with Gasteiger partial charge in [0.25, 0.3) is 5.91 Å². The van der Waals surface area contributed by atoms with E-state index in [1.807, 2.05) is 25.6 Å². The van der Waals surface area contributed by atoms with Gasteiger partial charge in [-0.15, -0.1) is 0 Å². The lowest BCUT2D eigenvalue weighted by atomic mass is 9.92. The van der Waals surface area contributed by atoms with E-state index in [1.54, 1.807) is 0 Å². The van der Waals surface area contributed by atoms with Crippen LogP contribution in [0.15, 0.2) is 30.7 Å². The summed E-state index contributed by atoms with van der Waals surface area (Å²) in [5, 5.41) is 6.46. The Bertz CT molecular complexity index is 801. The van der Waals surface area contributed by atoms with E-state index in [0.29, 0.717) is 18.4 Å². The highest BCUT2D eigenvalue weighted by Gasteiger charge is 2.30. The zero-order valence-electron chi connectivity index (χ0n) is 15.9. The number of carbonyl (C=O) groups is 1. The number of rotatable bonds is 6. The largest absolute Gasteiger partial charge is 0.484 e. The van der Waals surface area contributed by atoms with Crippen molar-refractivity contribution in [2.45, 2.75) is 31.6 Å². The second kappa shape index (κ2) is 8.13. The molecule has 4 rings (SSSR count). The molecule has 2 atom stereocenters. The van der Waals surface area contributed by atoms with Crippen LogP contribution in [0.2, 0.25) is 0 Å². The van der Waals surface area contributed by atoms with Crippen LogP contribution in [0.25, 0.3) is 0 Å². The monoisotopic (exact) mass is 368 g/mol. The maximum atomic E-state index is 12.2. The molecule has 1 aliphatic carbocycles. The van der Waals surface area contributed by atoms with Crippen molar-refractivity contribution >= 4 is 5.91 Å². The molecule has 1 aliphatic heterocycles. The van der Waals surface area contributed by atoms with E-state index in [2.05, 4.69) is 32.3 Å². The van der Waals surface area contributed by atoms with E-state index in [0.717, 1.165) is 31.7 Å². The van der Waals surface area contributed by atoms with Gasteiger partial charge in [-0.3, -0.25) is 4.79 Å². The second-order valence-corrected chi connectivity index (χ2v) is 7.68. The number of fused-ring (bicyclic) bond motifs is 1. The number of benzene rings is 1.